The first-order valence-corrected chi connectivity index (χ1v) is 8.69. The monoisotopic (exact) mass is 382 g/mol. The molecular formula is C19H30N2O6. The summed E-state index contributed by atoms with van der Waals surface area (Å²) < 4.78 is 5.35. The summed E-state index contributed by atoms with van der Waals surface area (Å²) in [7, 11) is 0. The molecule has 8 nitrogen and oxygen atoms in total. The van der Waals surface area contributed by atoms with Crippen LogP contribution >= 0.6 is 0 Å². The Morgan fingerprint density at radius 3 is 2.33 bits per heavy atom. The third kappa shape index (κ3) is 11.7. The van der Waals surface area contributed by atoms with Crippen LogP contribution in [-0.4, -0.2) is 60.7 Å². The molecule has 0 aliphatic rings. The van der Waals surface area contributed by atoms with E-state index in [1.807, 2.05) is 32.0 Å². The number of rotatable bonds is 11. The van der Waals surface area contributed by atoms with E-state index in [1.54, 1.807) is 19.1 Å². The molecular weight excluding hydrogens is 352 g/mol. The molecule has 2 amide bonds. The van der Waals surface area contributed by atoms with Gasteiger partial charge in [-0.1, -0.05) is 32.0 Å². The summed E-state index contributed by atoms with van der Waals surface area (Å²) in [5, 5.41) is 22.3. The lowest BCUT2D eigenvalue weighted by molar-refractivity contribution is -0.137. The molecule has 0 aliphatic heterocycles. The molecule has 0 fully saturated rings. The Labute approximate surface area is 159 Å². The molecule has 0 saturated heterocycles. The zero-order chi connectivity index (χ0) is 20.7. The van der Waals surface area contributed by atoms with Crippen molar-refractivity contribution in [2.45, 2.75) is 33.3 Å². The van der Waals surface area contributed by atoms with Crippen LogP contribution in [0, 0.1) is 5.41 Å². The van der Waals surface area contributed by atoms with Crippen LogP contribution in [0.1, 0.15) is 27.2 Å². The molecule has 152 valence electrons. The first-order valence-electron chi connectivity index (χ1n) is 8.69. The van der Waals surface area contributed by atoms with Crippen molar-refractivity contribution in [2.75, 3.05) is 26.3 Å². The summed E-state index contributed by atoms with van der Waals surface area (Å²) in [6, 6.07) is 9.17. The van der Waals surface area contributed by atoms with Gasteiger partial charge in [-0.15, -0.1) is 0 Å². The standard InChI is InChI=1S/C13H16N2O4.C6H14O2/c16-10-14-7-6-12(17)13(18)15-8-9-19-11-4-2-1-3-5-11;1-5(8)6(2,3)4-7/h1-5,10H,6-9H2,(H,14,16)(H,15,18);5,7-8H,4H2,1-3H3. The van der Waals surface area contributed by atoms with E-state index >= 15 is 0 Å². The van der Waals surface area contributed by atoms with Crippen LogP contribution in [-0.2, 0) is 14.4 Å². The smallest absolute Gasteiger partial charge is 0.287 e. The predicted molar refractivity (Wildman–Crippen MR) is 101 cm³/mol. The number of hydrogen-bond acceptors (Lipinski definition) is 6. The summed E-state index contributed by atoms with van der Waals surface area (Å²) in [4.78, 5) is 32.6. The highest BCUT2D eigenvalue weighted by molar-refractivity contribution is 6.36. The van der Waals surface area contributed by atoms with Crippen LogP contribution in [0.2, 0.25) is 0 Å². The third-order valence-electron chi connectivity index (χ3n) is 3.77. The van der Waals surface area contributed by atoms with E-state index in [0.717, 1.165) is 0 Å². The number of aliphatic hydroxyl groups is 2. The molecule has 0 aliphatic carbocycles. The zero-order valence-electron chi connectivity index (χ0n) is 16.1. The molecule has 4 N–H and O–H groups in total. The van der Waals surface area contributed by atoms with Crippen molar-refractivity contribution in [1.82, 2.24) is 10.6 Å². The molecule has 1 aromatic carbocycles. The Hall–Kier alpha value is -2.45. The minimum Gasteiger partial charge on any atom is -0.492 e. The van der Waals surface area contributed by atoms with Gasteiger partial charge < -0.3 is 25.6 Å². The van der Waals surface area contributed by atoms with E-state index in [2.05, 4.69) is 10.6 Å². The van der Waals surface area contributed by atoms with Crippen LogP contribution < -0.4 is 15.4 Å². The Morgan fingerprint density at radius 1 is 1.22 bits per heavy atom. The van der Waals surface area contributed by atoms with Gasteiger partial charge in [0, 0.05) is 18.4 Å². The second kappa shape index (κ2) is 13.7. The fraction of sp³-hybridized carbons (Fsp3) is 0.526. The summed E-state index contributed by atoms with van der Waals surface area (Å²) in [5.74, 6) is -0.517. The van der Waals surface area contributed by atoms with Crippen molar-refractivity contribution >= 4 is 18.1 Å². The van der Waals surface area contributed by atoms with E-state index in [4.69, 9.17) is 14.9 Å². The highest BCUT2D eigenvalue weighted by atomic mass is 16.5. The van der Waals surface area contributed by atoms with Gasteiger partial charge in [0.2, 0.25) is 12.2 Å². The highest BCUT2D eigenvalue weighted by Crippen LogP contribution is 2.18. The maximum Gasteiger partial charge on any atom is 0.287 e. The molecule has 0 radical (unpaired) electrons. The average Bonchev–Trinajstić information content (AvgIpc) is 2.66. The largest absolute Gasteiger partial charge is 0.492 e. The van der Waals surface area contributed by atoms with E-state index in [9.17, 15) is 14.4 Å². The number of ketones is 1. The van der Waals surface area contributed by atoms with E-state index in [-0.39, 0.29) is 38.1 Å². The Balaban J connectivity index is 0.000000713. The Morgan fingerprint density at radius 2 is 1.85 bits per heavy atom. The normalized spacial score (nSPS) is 11.4. The average molecular weight is 382 g/mol. The van der Waals surface area contributed by atoms with E-state index in [1.165, 1.54) is 0 Å². The number of aliphatic hydroxyl groups excluding tert-OH is 2. The van der Waals surface area contributed by atoms with Crippen molar-refractivity contribution in [3.8, 4) is 5.75 Å². The predicted octanol–water partition coefficient (Wildman–Crippen LogP) is 0.273. The summed E-state index contributed by atoms with van der Waals surface area (Å²) >= 11 is 0. The Kier molecular flexibility index (Phi) is 12.5. The fourth-order valence-corrected chi connectivity index (χ4v) is 1.44. The van der Waals surface area contributed by atoms with Crippen LogP contribution in [0.5, 0.6) is 5.75 Å². The lowest BCUT2D eigenvalue weighted by Gasteiger charge is -2.24. The van der Waals surface area contributed by atoms with Gasteiger partial charge in [0.25, 0.3) is 5.91 Å². The first-order chi connectivity index (χ1) is 12.7. The molecule has 0 saturated carbocycles. The van der Waals surface area contributed by atoms with Crippen LogP contribution in [0.3, 0.4) is 0 Å². The first kappa shape index (κ1) is 24.6. The third-order valence-corrected chi connectivity index (χ3v) is 3.77. The number of hydrogen-bond donors (Lipinski definition) is 4. The van der Waals surface area contributed by atoms with E-state index < -0.39 is 17.8 Å². The van der Waals surface area contributed by atoms with Crippen LogP contribution in [0.25, 0.3) is 0 Å². The summed E-state index contributed by atoms with van der Waals surface area (Å²) in [6.07, 6.45) is 0.0377. The van der Waals surface area contributed by atoms with Crippen molar-refractivity contribution in [1.29, 1.82) is 0 Å². The number of Topliss-reactive ketones (excluding diaryl/α,β-unsaturated/α-hetero) is 1. The molecule has 27 heavy (non-hydrogen) atoms. The zero-order valence-corrected chi connectivity index (χ0v) is 16.1. The van der Waals surface area contributed by atoms with Gasteiger partial charge in [-0.25, -0.2) is 0 Å². The molecule has 1 aromatic rings. The van der Waals surface area contributed by atoms with Gasteiger partial charge in [0.15, 0.2) is 0 Å². The maximum atomic E-state index is 11.3. The van der Waals surface area contributed by atoms with Crippen molar-refractivity contribution in [2.24, 2.45) is 5.41 Å². The minimum atomic E-state index is -0.663. The van der Waals surface area contributed by atoms with Gasteiger partial charge in [0.1, 0.15) is 12.4 Å². The minimum absolute atomic E-state index is 0.00981. The molecule has 8 heteroatoms. The second-order valence-corrected chi connectivity index (χ2v) is 6.49. The molecule has 1 rings (SSSR count). The van der Waals surface area contributed by atoms with Crippen molar-refractivity contribution in [3.63, 3.8) is 0 Å². The van der Waals surface area contributed by atoms with Crippen molar-refractivity contribution in [3.05, 3.63) is 30.3 Å². The van der Waals surface area contributed by atoms with Gasteiger partial charge in [-0.05, 0) is 19.1 Å². The lowest BCUT2D eigenvalue weighted by atomic mass is 9.89. The number of ether oxygens (including phenoxy) is 1. The van der Waals surface area contributed by atoms with Crippen LogP contribution in [0.4, 0.5) is 0 Å². The molecule has 1 atom stereocenters. The number of carbonyl (C=O) groups excluding carboxylic acids is 3. The number of benzene rings is 1. The summed E-state index contributed by atoms with van der Waals surface area (Å²) in [6.45, 7) is 6.04. The van der Waals surface area contributed by atoms with Gasteiger partial charge in [-0.3, -0.25) is 14.4 Å². The second-order valence-electron chi connectivity index (χ2n) is 6.49. The van der Waals surface area contributed by atoms with Crippen molar-refractivity contribution < 1.29 is 29.3 Å². The number of nitrogens with one attached hydrogen (secondary N) is 2. The van der Waals surface area contributed by atoms with Gasteiger partial charge in [-0.2, -0.15) is 0 Å². The number of para-hydroxylation sites is 1. The van der Waals surface area contributed by atoms with Gasteiger partial charge in [0.05, 0.1) is 19.3 Å². The molecule has 0 aromatic heterocycles. The topological polar surface area (TPSA) is 125 Å². The Bertz CT molecular complexity index is 561. The quantitative estimate of drug-likeness (QED) is 0.247. The van der Waals surface area contributed by atoms with Gasteiger partial charge >= 0.3 is 0 Å². The maximum absolute atomic E-state index is 11.3. The summed E-state index contributed by atoms with van der Waals surface area (Å²) in [5.41, 5.74) is -0.347. The SMILES string of the molecule is CC(O)C(C)(C)CO.O=CNCCC(=O)C(=O)NCCOc1ccccc1. The highest BCUT2D eigenvalue weighted by Gasteiger charge is 2.22. The molecule has 0 heterocycles. The molecule has 0 bridgehead atoms. The lowest BCUT2D eigenvalue weighted by Crippen LogP contribution is -2.35. The van der Waals surface area contributed by atoms with E-state index in [0.29, 0.717) is 12.2 Å². The fourth-order valence-electron chi connectivity index (χ4n) is 1.44. The molecule has 1 unspecified atom stereocenters. The van der Waals surface area contributed by atoms with Crippen LogP contribution in [0.15, 0.2) is 30.3 Å². The number of carbonyl (C=O) groups is 3. The molecule has 0 spiro atoms. The number of amides is 2.